The molecule has 2 heteroatoms. The highest BCUT2D eigenvalue weighted by Crippen LogP contribution is 2.02. The van der Waals surface area contributed by atoms with E-state index in [1.54, 1.807) is 0 Å². The van der Waals surface area contributed by atoms with Gasteiger partial charge in [0.2, 0.25) is 0 Å². The molecule has 0 amide bonds. The summed E-state index contributed by atoms with van der Waals surface area (Å²) in [5.41, 5.74) is 0. The van der Waals surface area contributed by atoms with Crippen molar-refractivity contribution in [2.75, 3.05) is 33.2 Å². The van der Waals surface area contributed by atoms with E-state index in [4.69, 9.17) is 0 Å². The molecular weight excluding hydrogens is 100 g/mol. The second-order valence-corrected chi connectivity index (χ2v) is 2.30. The van der Waals surface area contributed by atoms with Crippen molar-refractivity contribution in [2.24, 2.45) is 0 Å². The molecule has 0 radical (unpaired) electrons. The second-order valence-electron chi connectivity index (χ2n) is 2.30. The first kappa shape index (κ1) is 6.05. The van der Waals surface area contributed by atoms with E-state index in [-0.39, 0.29) is 0 Å². The number of hydrogen-bond acceptors (Lipinski definition) is 2. The average Bonchev–Trinajstić information content (AvgIpc) is 2.51. The predicted molar refractivity (Wildman–Crippen MR) is 35.0 cm³/mol. The molecule has 0 bridgehead atoms. The van der Waals surface area contributed by atoms with Crippen LogP contribution in [0.3, 0.4) is 0 Å². The first-order chi connectivity index (χ1) is 3.93. The summed E-state index contributed by atoms with van der Waals surface area (Å²) in [5.74, 6) is 0. The van der Waals surface area contributed by atoms with Crippen LogP contribution in [0.25, 0.3) is 0 Å². The highest BCUT2D eigenvalue weighted by molar-refractivity contribution is 4.71. The minimum atomic E-state index is 1.16. The molecule has 48 valence electrons. The molecule has 1 heterocycles. The summed E-state index contributed by atoms with van der Waals surface area (Å²) in [6.07, 6.45) is 1.30. The third-order valence-electron chi connectivity index (χ3n) is 1.44. The maximum absolute atomic E-state index is 3.12. The highest BCUT2D eigenvalue weighted by atomic mass is 15.2. The molecular formula is C6H14N2. The summed E-state index contributed by atoms with van der Waals surface area (Å²) in [4.78, 5) is 2.44. The molecule has 0 unspecified atom stereocenters. The van der Waals surface area contributed by atoms with E-state index in [0.29, 0.717) is 0 Å². The molecule has 0 atom stereocenters. The van der Waals surface area contributed by atoms with Crippen LogP contribution >= 0.6 is 0 Å². The van der Waals surface area contributed by atoms with Gasteiger partial charge in [0.15, 0.2) is 0 Å². The molecule has 1 saturated heterocycles. The van der Waals surface area contributed by atoms with E-state index in [1.165, 1.54) is 26.1 Å². The number of nitrogens with one attached hydrogen (secondary N) is 1. The van der Waals surface area contributed by atoms with Crippen molar-refractivity contribution in [1.29, 1.82) is 0 Å². The standard InChI is InChI=1S/C6H14N2/c1-7-3-2-4-8-5-6-8/h7H,2-6H2,1H3. The summed E-state index contributed by atoms with van der Waals surface area (Å²) >= 11 is 0. The van der Waals surface area contributed by atoms with Gasteiger partial charge in [-0.25, -0.2) is 0 Å². The Kier molecular flexibility index (Phi) is 2.30. The Bertz CT molecular complexity index is 59.5. The molecule has 0 aromatic carbocycles. The number of nitrogens with zero attached hydrogens (tertiary/aromatic N) is 1. The Balaban J connectivity index is 1.74. The quantitative estimate of drug-likeness (QED) is 0.406. The van der Waals surface area contributed by atoms with Crippen molar-refractivity contribution in [3.05, 3.63) is 0 Å². The average molecular weight is 114 g/mol. The third kappa shape index (κ3) is 2.28. The zero-order valence-electron chi connectivity index (χ0n) is 5.48. The van der Waals surface area contributed by atoms with E-state index in [0.717, 1.165) is 6.54 Å². The van der Waals surface area contributed by atoms with Crippen LogP contribution in [0.4, 0.5) is 0 Å². The van der Waals surface area contributed by atoms with Gasteiger partial charge in [-0.3, -0.25) is 0 Å². The molecule has 0 saturated carbocycles. The van der Waals surface area contributed by atoms with E-state index < -0.39 is 0 Å². The lowest BCUT2D eigenvalue weighted by molar-refractivity contribution is 0.525. The van der Waals surface area contributed by atoms with Crippen molar-refractivity contribution in [1.82, 2.24) is 10.2 Å². The Morgan fingerprint density at radius 3 is 2.75 bits per heavy atom. The first-order valence-electron chi connectivity index (χ1n) is 3.30. The summed E-state index contributed by atoms with van der Waals surface area (Å²) in [6, 6.07) is 0. The van der Waals surface area contributed by atoms with Gasteiger partial charge in [-0.2, -0.15) is 0 Å². The smallest absolute Gasteiger partial charge is 0.0110 e. The van der Waals surface area contributed by atoms with Crippen molar-refractivity contribution in [3.63, 3.8) is 0 Å². The third-order valence-corrected chi connectivity index (χ3v) is 1.44. The summed E-state index contributed by atoms with van der Waals surface area (Å²) < 4.78 is 0. The molecule has 2 nitrogen and oxygen atoms in total. The van der Waals surface area contributed by atoms with Gasteiger partial charge in [-0.15, -0.1) is 0 Å². The van der Waals surface area contributed by atoms with Crippen molar-refractivity contribution in [3.8, 4) is 0 Å². The molecule has 1 rings (SSSR count). The fourth-order valence-electron chi connectivity index (χ4n) is 0.774. The van der Waals surface area contributed by atoms with Crippen molar-refractivity contribution < 1.29 is 0 Å². The van der Waals surface area contributed by atoms with E-state index in [1.807, 2.05) is 7.05 Å². The molecule has 1 aliphatic heterocycles. The Hall–Kier alpha value is -0.0800. The molecule has 1 N–H and O–H groups in total. The van der Waals surface area contributed by atoms with Crippen LogP contribution in [0.15, 0.2) is 0 Å². The summed E-state index contributed by atoms with van der Waals surface area (Å²) in [6.45, 7) is 5.13. The van der Waals surface area contributed by atoms with Crippen LogP contribution in [0, 0.1) is 0 Å². The van der Waals surface area contributed by atoms with Gasteiger partial charge in [0.1, 0.15) is 0 Å². The largest absolute Gasteiger partial charge is 0.320 e. The van der Waals surface area contributed by atoms with Gasteiger partial charge in [0.05, 0.1) is 0 Å². The van der Waals surface area contributed by atoms with E-state index in [9.17, 15) is 0 Å². The van der Waals surface area contributed by atoms with Gasteiger partial charge in [0, 0.05) is 13.1 Å². The lowest BCUT2D eigenvalue weighted by Gasteiger charge is -1.97. The van der Waals surface area contributed by atoms with Crippen molar-refractivity contribution in [2.45, 2.75) is 6.42 Å². The zero-order chi connectivity index (χ0) is 5.82. The maximum atomic E-state index is 3.12. The molecule has 0 aromatic rings. The van der Waals surface area contributed by atoms with Crippen LogP contribution < -0.4 is 5.32 Å². The van der Waals surface area contributed by atoms with Crippen molar-refractivity contribution >= 4 is 0 Å². The molecule has 0 aliphatic carbocycles. The first-order valence-corrected chi connectivity index (χ1v) is 3.30. The summed E-state index contributed by atoms with van der Waals surface area (Å²) in [7, 11) is 2.00. The number of hydrogen-bond donors (Lipinski definition) is 1. The maximum Gasteiger partial charge on any atom is 0.0110 e. The lowest BCUT2D eigenvalue weighted by Crippen LogP contribution is -2.12. The predicted octanol–water partition coefficient (Wildman–Crippen LogP) is -0.0885. The fourth-order valence-corrected chi connectivity index (χ4v) is 0.774. The molecule has 0 aromatic heterocycles. The van der Waals surface area contributed by atoms with E-state index in [2.05, 4.69) is 10.2 Å². The monoisotopic (exact) mass is 114 g/mol. The number of rotatable bonds is 4. The van der Waals surface area contributed by atoms with Crippen LogP contribution in [0.2, 0.25) is 0 Å². The Labute approximate surface area is 50.9 Å². The zero-order valence-corrected chi connectivity index (χ0v) is 5.48. The van der Waals surface area contributed by atoms with Crippen LogP contribution in [-0.4, -0.2) is 38.1 Å². The molecule has 8 heavy (non-hydrogen) atoms. The van der Waals surface area contributed by atoms with Gasteiger partial charge in [-0.1, -0.05) is 0 Å². The van der Waals surface area contributed by atoms with Crippen LogP contribution in [-0.2, 0) is 0 Å². The SMILES string of the molecule is CNCCCN1CC1. The van der Waals surface area contributed by atoms with Gasteiger partial charge in [0.25, 0.3) is 0 Å². The minimum Gasteiger partial charge on any atom is -0.320 e. The minimum absolute atomic E-state index is 1.16. The summed E-state index contributed by atoms with van der Waals surface area (Å²) in [5, 5.41) is 3.12. The van der Waals surface area contributed by atoms with Gasteiger partial charge >= 0.3 is 0 Å². The molecule has 1 fully saturated rings. The Morgan fingerprint density at radius 1 is 1.50 bits per heavy atom. The topological polar surface area (TPSA) is 15.0 Å². The molecule has 0 spiro atoms. The lowest BCUT2D eigenvalue weighted by atomic mass is 10.4. The van der Waals surface area contributed by atoms with Gasteiger partial charge in [-0.05, 0) is 26.6 Å². The Morgan fingerprint density at radius 2 is 2.25 bits per heavy atom. The van der Waals surface area contributed by atoms with Gasteiger partial charge < -0.3 is 10.2 Å². The molecule has 1 aliphatic rings. The fraction of sp³-hybridized carbons (Fsp3) is 1.00. The highest BCUT2D eigenvalue weighted by Gasteiger charge is 2.14. The normalized spacial score (nSPS) is 19.1. The second kappa shape index (κ2) is 3.05. The van der Waals surface area contributed by atoms with E-state index >= 15 is 0 Å². The van der Waals surface area contributed by atoms with Crippen LogP contribution in [0.1, 0.15) is 6.42 Å². The van der Waals surface area contributed by atoms with Crippen LogP contribution in [0.5, 0.6) is 0 Å².